The number of amides is 1. The van der Waals surface area contributed by atoms with Gasteiger partial charge in [-0.15, -0.1) is 0 Å². The van der Waals surface area contributed by atoms with Crippen molar-refractivity contribution in [2.24, 2.45) is 5.92 Å². The molecule has 5 nitrogen and oxygen atoms in total. The number of halogens is 1. The molecule has 0 bridgehead atoms. The third-order valence-corrected chi connectivity index (χ3v) is 4.64. The number of hydrogen-bond acceptors (Lipinski definition) is 4. The maximum absolute atomic E-state index is 13.2. The Kier molecular flexibility index (Phi) is 5.59. The summed E-state index contributed by atoms with van der Waals surface area (Å²) < 4.78 is 18.6. The second-order valence-electron chi connectivity index (χ2n) is 6.15. The highest BCUT2D eigenvalue weighted by molar-refractivity contribution is 5.79. The predicted molar refractivity (Wildman–Crippen MR) is 85.5 cm³/mol. The van der Waals surface area contributed by atoms with Gasteiger partial charge in [0.1, 0.15) is 5.82 Å². The lowest BCUT2D eigenvalue weighted by atomic mass is 10.0. The van der Waals surface area contributed by atoms with E-state index >= 15 is 0 Å². The molecule has 0 aliphatic carbocycles. The van der Waals surface area contributed by atoms with Gasteiger partial charge in [0.2, 0.25) is 5.91 Å². The summed E-state index contributed by atoms with van der Waals surface area (Å²) >= 11 is 0. The van der Waals surface area contributed by atoms with Crippen molar-refractivity contribution in [1.29, 1.82) is 0 Å². The van der Waals surface area contributed by atoms with Gasteiger partial charge in [-0.1, -0.05) is 12.1 Å². The molecule has 2 atom stereocenters. The molecule has 0 saturated carbocycles. The summed E-state index contributed by atoms with van der Waals surface area (Å²) in [6.07, 6.45) is 0.893. The molecule has 1 amide bonds. The van der Waals surface area contributed by atoms with Crippen LogP contribution in [-0.2, 0) is 9.53 Å². The van der Waals surface area contributed by atoms with Crippen molar-refractivity contribution >= 4 is 5.91 Å². The third kappa shape index (κ3) is 4.28. The molecule has 2 aliphatic rings. The molecule has 2 aliphatic heterocycles. The first-order valence-electron chi connectivity index (χ1n) is 8.30. The average molecular weight is 321 g/mol. The molecule has 2 fully saturated rings. The molecule has 23 heavy (non-hydrogen) atoms. The number of nitrogens with zero attached hydrogens (tertiary/aromatic N) is 1. The van der Waals surface area contributed by atoms with Gasteiger partial charge in [-0.3, -0.25) is 9.69 Å². The van der Waals surface area contributed by atoms with Gasteiger partial charge in [-0.2, -0.15) is 0 Å². The standard InChI is InChI=1S/C17H24FN3O2/c18-15-3-1-13(2-4-15)16(21-7-9-23-10-8-21)12-20-17(22)14-5-6-19-11-14/h1-4,14,16,19H,5-12H2,(H,20,22). The first-order chi connectivity index (χ1) is 11.2. The maximum atomic E-state index is 13.2. The zero-order valence-electron chi connectivity index (χ0n) is 13.3. The molecule has 2 saturated heterocycles. The summed E-state index contributed by atoms with van der Waals surface area (Å²) in [6, 6.07) is 6.62. The van der Waals surface area contributed by atoms with Crippen LogP contribution in [0.4, 0.5) is 4.39 Å². The Morgan fingerprint density at radius 1 is 1.35 bits per heavy atom. The molecule has 6 heteroatoms. The minimum atomic E-state index is -0.240. The van der Waals surface area contributed by atoms with E-state index in [4.69, 9.17) is 4.74 Å². The van der Waals surface area contributed by atoms with Gasteiger partial charge in [0.05, 0.1) is 25.2 Å². The Morgan fingerprint density at radius 2 is 2.09 bits per heavy atom. The van der Waals surface area contributed by atoms with Crippen molar-refractivity contribution in [2.75, 3.05) is 45.9 Å². The smallest absolute Gasteiger partial charge is 0.224 e. The third-order valence-electron chi connectivity index (χ3n) is 4.64. The Balaban J connectivity index is 1.66. The van der Waals surface area contributed by atoms with Crippen LogP contribution < -0.4 is 10.6 Å². The summed E-state index contributed by atoms with van der Waals surface area (Å²) in [6.45, 7) is 5.23. The summed E-state index contributed by atoms with van der Waals surface area (Å²) in [5.74, 6) is -0.0699. The number of carbonyl (C=O) groups is 1. The normalized spacial score (nSPS) is 23.6. The van der Waals surface area contributed by atoms with Crippen molar-refractivity contribution in [3.05, 3.63) is 35.6 Å². The van der Waals surface area contributed by atoms with E-state index < -0.39 is 0 Å². The van der Waals surface area contributed by atoms with E-state index in [0.717, 1.165) is 38.2 Å². The molecule has 0 aromatic heterocycles. The number of carbonyl (C=O) groups excluding carboxylic acids is 1. The lowest BCUT2D eigenvalue weighted by Crippen LogP contribution is -2.44. The van der Waals surface area contributed by atoms with Gasteiger partial charge >= 0.3 is 0 Å². The maximum Gasteiger partial charge on any atom is 0.224 e. The van der Waals surface area contributed by atoms with Crippen LogP contribution in [0.15, 0.2) is 24.3 Å². The second-order valence-corrected chi connectivity index (χ2v) is 6.15. The monoisotopic (exact) mass is 321 g/mol. The van der Waals surface area contributed by atoms with Crippen molar-refractivity contribution in [3.8, 4) is 0 Å². The van der Waals surface area contributed by atoms with E-state index in [2.05, 4.69) is 15.5 Å². The number of ether oxygens (including phenoxy) is 1. The molecule has 2 N–H and O–H groups in total. The zero-order chi connectivity index (χ0) is 16.1. The van der Waals surface area contributed by atoms with Crippen LogP contribution in [0.1, 0.15) is 18.0 Å². The van der Waals surface area contributed by atoms with Gasteiger partial charge in [0.25, 0.3) is 0 Å². The Bertz CT molecular complexity index is 511. The molecular weight excluding hydrogens is 297 g/mol. The van der Waals surface area contributed by atoms with Crippen LogP contribution in [0.2, 0.25) is 0 Å². The highest BCUT2D eigenvalue weighted by atomic mass is 19.1. The Morgan fingerprint density at radius 3 is 2.74 bits per heavy atom. The van der Waals surface area contributed by atoms with Gasteiger partial charge in [0, 0.05) is 26.2 Å². The Hall–Kier alpha value is -1.50. The lowest BCUT2D eigenvalue weighted by molar-refractivity contribution is -0.124. The molecule has 2 unspecified atom stereocenters. The van der Waals surface area contributed by atoms with Crippen LogP contribution >= 0.6 is 0 Å². The first-order valence-corrected chi connectivity index (χ1v) is 8.30. The van der Waals surface area contributed by atoms with E-state index in [0.29, 0.717) is 19.8 Å². The number of benzene rings is 1. The highest BCUT2D eigenvalue weighted by Crippen LogP contribution is 2.22. The summed E-state index contributed by atoms with van der Waals surface area (Å²) in [5.41, 5.74) is 1.03. The van der Waals surface area contributed by atoms with Crippen LogP contribution in [0.3, 0.4) is 0 Å². The largest absolute Gasteiger partial charge is 0.379 e. The fraction of sp³-hybridized carbons (Fsp3) is 0.588. The van der Waals surface area contributed by atoms with Crippen LogP contribution in [0, 0.1) is 11.7 Å². The molecule has 1 aromatic carbocycles. The molecule has 3 rings (SSSR count). The van der Waals surface area contributed by atoms with E-state index in [-0.39, 0.29) is 23.7 Å². The molecule has 126 valence electrons. The second kappa shape index (κ2) is 7.86. The summed E-state index contributed by atoms with van der Waals surface area (Å²) in [7, 11) is 0. The Labute approximate surface area is 136 Å². The summed E-state index contributed by atoms with van der Waals surface area (Å²) in [5, 5.41) is 6.29. The van der Waals surface area contributed by atoms with E-state index in [1.807, 2.05) is 0 Å². The predicted octanol–water partition coefficient (Wildman–Crippen LogP) is 0.925. The number of nitrogens with one attached hydrogen (secondary N) is 2. The SMILES string of the molecule is O=C(NCC(c1ccc(F)cc1)N1CCOCC1)C1CCNC1. The van der Waals surface area contributed by atoms with Gasteiger partial charge in [0.15, 0.2) is 0 Å². The number of hydrogen-bond donors (Lipinski definition) is 2. The van der Waals surface area contributed by atoms with Gasteiger partial charge in [-0.05, 0) is 30.7 Å². The van der Waals surface area contributed by atoms with Crippen LogP contribution in [-0.4, -0.2) is 56.7 Å². The number of rotatable bonds is 5. The fourth-order valence-electron chi connectivity index (χ4n) is 3.25. The average Bonchev–Trinajstić information content (AvgIpc) is 3.12. The highest BCUT2D eigenvalue weighted by Gasteiger charge is 2.26. The minimum Gasteiger partial charge on any atom is -0.379 e. The van der Waals surface area contributed by atoms with E-state index in [1.165, 1.54) is 12.1 Å². The molecular formula is C17H24FN3O2. The van der Waals surface area contributed by atoms with Crippen molar-refractivity contribution < 1.29 is 13.9 Å². The van der Waals surface area contributed by atoms with Crippen molar-refractivity contribution in [2.45, 2.75) is 12.5 Å². The molecule has 0 radical (unpaired) electrons. The fourth-order valence-corrected chi connectivity index (χ4v) is 3.25. The van der Waals surface area contributed by atoms with Gasteiger partial charge < -0.3 is 15.4 Å². The van der Waals surface area contributed by atoms with Gasteiger partial charge in [-0.25, -0.2) is 4.39 Å². The quantitative estimate of drug-likeness (QED) is 0.847. The van der Waals surface area contributed by atoms with Crippen molar-refractivity contribution in [1.82, 2.24) is 15.5 Å². The van der Waals surface area contributed by atoms with Crippen LogP contribution in [0.5, 0.6) is 0 Å². The zero-order valence-corrected chi connectivity index (χ0v) is 13.3. The molecule has 2 heterocycles. The first kappa shape index (κ1) is 16.4. The minimum absolute atomic E-state index is 0.0535. The van der Waals surface area contributed by atoms with E-state index in [1.54, 1.807) is 12.1 Å². The number of morpholine rings is 1. The lowest BCUT2D eigenvalue weighted by Gasteiger charge is -2.35. The molecule has 1 aromatic rings. The van der Waals surface area contributed by atoms with Crippen molar-refractivity contribution in [3.63, 3.8) is 0 Å². The molecule has 0 spiro atoms. The summed E-state index contributed by atoms with van der Waals surface area (Å²) in [4.78, 5) is 14.6. The van der Waals surface area contributed by atoms with E-state index in [9.17, 15) is 9.18 Å². The van der Waals surface area contributed by atoms with Crippen LogP contribution in [0.25, 0.3) is 0 Å². The topological polar surface area (TPSA) is 53.6 Å².